The van der Waals surface area contributed by atoms with Gasteiger partial charge in [0, 0.05) is 6.20 Å². The third-order valence-electron chi connectivity index (χ3n) is 4.90. The number of alkyl halides is 3. The SMILES string of the molecule is CC[C@@]1(Nc2nccc(-n3cnc4cc(C(F)(F)F)ccc43)n2)C=CC=CC1. The smallest absolute Gasteiger partial charge is 0.345 e. The summed E-state index contributed by atoms with van der Waals surface area (Å²) in [5, 5.41) is 3.38. The zero-order chi connectivity index (χ0) is 19.8. The van der Waals surface area contributed by atoms with Gasteiger partial charge < -0.3 is 5.32 Å². The Bertz CT molecular complexity index is 1070. The maximum Gasteiger partial charge on any atom is 0.416 e. The molecule has 144 valence electrons. The summed E-state index contributed by atoms with van der Waals surface area (Å²) in [6.07, 6.45) is 8.53. The van der Waals surface area contributed by atoms with E-state index in [1.54, 1.807) is 16.8 Å². The summed E-state index contributed by atoms with van der Waals surface area (Å²) in [5.41, 5.74) is -0.180. The van der Waals surface area contributed by atoms with Gasteiger partial charge in [0.05, 0.1) is 22.1 Å². The van der Waals surface area contributed by atoms with Crippen LogP contribution in [0.15, 0.2) is 61.1 Å². The number of imidazole rings is 1. The lowest BCUT2D eigenvalue weighted by atomic mass is 9.89. The zero-order valence-electron chi connectivity index (χ0n) is 15.1. The molecule has 3 aromatic rings. The van der Waals surface area contributed by atoms with E-state index < -0.39 is 11.7 Å². The summed E-state index contributed by atoms with van der Waals surface area (Å²) < 4.78 is 40.4. The number of nitrogens with one attached hydrogen (secondary N) is 1. The van der Waals surface area contributed by atoms with Crippen molar-refractivity contribution in [3.63, 3.8) is 0 Å². The number of benzene rings is 1. The van der Waals surface area contributed by atoms with Crippen molar-refractivity contribution in [1.29, 1.82) is 0 Å². The highest BCUT2D eigenvalue weighted by atomic mass is 19.4. The molecule has 0 amide bonds. The van der Waals surface area contributed by atoms with E-state index in [1.807, 2.05) is 12.2 Å². The fraction of sp³-hybridized carbons (Fsp3) is 0.250. The van der Waals surface area contributed by atoms with Gasteiger partial charge in [-0.15, -0.1) is 0 Å². The Morgan fingerprint density at radius 3 is 2.75 bits per heavy atom. The highest BCUT2D eigenvalue weighted by molar-refractivity contribution is 5.78. The summed E-state index contributed by atoms with van der Waals surface area (Å²) in [6.45, 7) is 2.09. The molecule has 28 heavy (non-hydrogen) atoms. The molecule has 4 rings (SSSR count). The quantitative estimate of drug-likeness (QED) is 0.693. The average Bonchev–Trinajstić information content (AvgIpc) is 3.11. The maximum absolute atomic E-state index is 12.9. The predicted octanol–water partition coefficient (Wildman–Crippen LogP) is 4.91. The Kier molecular flexibility index (Phi) is 4.41. The number of anilines is 1. The molecule has 2 aromatic heterocycles. The van der Waals surface area contributed by atoms with E-state index in [1.165, 1.54) is 12.4 Å². The Labute approximate surface area is 159 Å². The molecular weight excluding hydrogens is 367 g/mol. The normalized spacial score (nSPS) is 19.3. The van der Waals surface area contributed by atoms with Crippen LogP contribution in [0.4, 0.5) is 19.1 Å². The standard InChI is InChI=1S/C20H18F3N5/c1-2-19(9-4-3-5-10-19)27-18-24-11-8-17(26-18)28-13-25-15-12-14(20(21,22)23)6-7-16(15)28/h3-9,11-13H,2,10H2,1H3,(H,24,26,27)/t19-/m1/s1. The summed E-state index contributed by atoms with van der Waals surface area (Å²) in [5.74, 6) is 0.981. The number of halogens is 3. The molecule has 5 nitrogen and oxygen atoms in total. The van der Waals surface area contributed by atoms with Crippen molar-refractivity contribution < 1.29 is 13.2 Å². The van der Waals surface area contributed by atoms with Gasteiger partial charge in [-0.25, -0.2) is 9.97 Å². The van der Waals surface area contributed by atoms with E-state index in [0.29, 0.717) is 17.3 Å². The second kappa shape index (κ2) is 6.78. The van der Waals surface area contributed by atoms with Crippen molar-refractivity contribution in [2.45, 2.75) is 31.5 Å². The van der Waals surface area contributed by atoms with Crippen LogP contribution in [0.2, 0.25) is 0 Å². The van der Waals surface area contributed by atoms with Crippen LogP contribution in [0.3, 0.4) is 0 Å². The molecule has 1 N–H and O–H groups in total. The van der Waals surface area contributed by atoms with Crippen molar-refractivity contribution in [3.8, 4) is 5.82 Å². The Hall–Kier alpha value is -3.16. The van der Waals surface area contributed by atoms with E-state index in [4.69, 9.17) is 0 Å². The lowest BCUT2D eigenvalue weighted by Crippen LogP contribution is -2.36. The zero-order valence-corrected chi connectivity index (χ0v) is 15.1. The van der Waals surface area contributed by atoms with Crippen LogP contribution in [-0.2, 0) is 6.18 Å². The largest absolute Gasteiger partial charge is 0.416 e. The molecule has 0 fully saturated rings. The van der Waals surface area contributed by atoms with Crippen LogP contribution in [0.1, 0.15) is 25.3 Å². The molecule has 2 heterocycles. The molecule has 1 aliphatic carbocycles. The molecule has 8 heteroatoms. The van der Waals surface area contributed by atoms with Crippen LogP contribution >= 0.6 is 0 Å². The average molecular weight is 385 g/mol. The van der Waals surface area contributed by atoms with Gasteiger partial charge in [0.15, 0.2) is 0 Å². The predicted molar refractivity (Wildman–Crippen MR) is 101 cm³/mol. The molecule has 0 saturated heterocycles. The molecule has 0 aliphatic heterocycles. The van der Waals surface area contributed by atoms with Crippen molar-refractivity contribution in [2.24, 2.45) is 0 Å². The summed E-state index contributed by atoms with van der Waals surface area (Å²) in [7, 11) is 0. The monoisotopic (exact) mass is 385 g/mol. The van der Waals surface area contributed by atoms with Gasteiger partial charge in [-0.05, 0) is 37.1 Å². The number of hydrogen-bond acceptors (Lipinski definition) is 4. The van der Waals surface area contributed by atoms with E-state index in [2.05, 4.69) is 39.3 Å². The van der Waals surface area contributed by atoms with Crippen LogP contribution < -0.4 is 5.32 Å². The molecule has 1 aliphatic rings. The topological polar surface area (TPSA) is 55.6 Å². The van der Waals surface area contributed by atoms with E-state index >= 15 is 0 Å². The molecule has 0 spiro atoms. The molecule has 0 radical (unpaired) electrons. The highest BCUT2D eigenvalue weighted by Gasteiger charge is 2.31. The Balaban J connectivity index is 1.68. The minimum absolute atomic E-state index is 0.258. The van der Waals surface area contributed by atoms with Gasteiger partial charge in [-0.1, -0.05) is 31.2 Å². The van der Waals surface area contributed by atoms with Gasteiger partial charge in [-0.2, -0.15) is 18.2 Å². The summed E-state index contributed by atoms with van der Waals surface area (Å²) >= 11 is 0. The Morgan fingerprint density at radius 2 is 2.04 bits per heavy atom. The van der Waals surface area contributed by atoms with Crippen molar-refractivity contribution in [1.82, 2.24) is 19.5 Å². The second-order valence-corrected chi connectivity index (χ2v) is 6.68. The molecule has 0 saturated carbocycles. The van der Waals surface area contributed by atoms with Gasteiger partial charge in [0.25, 0.3) is 0 Å². The van der Waals surface area contributed by atoms with Crippen molar-refractivity contribution >= 4 is 17.0 Å². The first kappa shape index (κ1) is 18.2. The first-order valence-electron chi connectivity index (χ1n) is 8.90. The van der Waals surface area contributed by atoms with Gasteiger partial charge in [-0.3, -0.25) is 4.57 Å². The van der Waals surface area contributed by atoms with E-state index in [0.717, 1.165) is 25.0 Å². The number of rotatable bonds is 4. The van der Waals surface area contributed by atoms with Gasteiger partial charge in [0.2, 0.25) is 5.95 Å². The molecule has 1 atom stereocenters. The summed E-state index contributed by atoms with van der Waals surface area (Å²) in [6, 6.07) is 5.19. The van der Waals surface area contributed by atoms with E-state index in [9.17, 15) is 13.2 Å². The van der Waals surface area contributed by atoms with Crippen LogP contribution in [0, 0.1) is 0 Å². The van der Waals surface area contributed by atoms with E-state index in [-0.39, 0.29) is 11.1 Å². The number of nitrogens with zero attached hydrogens (tertiary/aromatic N) is 4. The molecule has 0 unspecified atom stereocenters. The van der Waals surface area contributed by atoms with Crippen LogP contribution in [0.25, 0.3) is 16.9 Å². The first-order valence-corrected chi connectivity index (χ1v) is 8.90. The first-order chi connectivity index (χ1) is 13.4. The Morgan fingerprint density at radius 1 is 1.18 bits per heavy atom. The van der Waals surface area contributed by atoms with Gasteiger partial charge in [0.1, 0.15) is 12.1 Å². The lowest BCUT2D eigenvalue weighted by Gasteiger charge is -2.31. The number of aromatic nitrogens is 4. The molecule has 1 aromatic carbocycles. The van der Waals surface area contributed by atoms with Gasteiger partial charge >= 0.3 is 6.18 Å². The third kappa shape index (κ3) is 3.37. The molecule has 0 bridgehead atoms. The number of fused-ring (bicyclic) bond motifs is 1. The second-order valence-electron chi connectivity index (χ2n) is 6.68. The maximum atomic E-state index is 12.9. The highest BCUT2D eigenvalue weighted by Crippen LogP contribution is 2.31. The fourth-order valence-corrected chi connectivity index (χ4v) is 3.25. The number of allylic oxidation sites excluding steroid dienone is 2. The number of hydrogen-bond donors (Lipinski definition) is 1. The lowest BCUT2D eigenvalue weighted by molar-refractivity contribution is -0.137. The van der Waals surface area contributed by atoms with Crippen LogP contribution in [-0.4, -0.2) is 25.1 Å². The minimum atomic E-state index is -4.40. The minimum Gasteiger partial charge on any atom is -0.345 e. The summed E-state index contributed by atoms with van der Waals surface area (Å²) in [4.78, 5) is 13.0. The van der Waals surface area contributed by atoms with Crippen LogP contribution in [0.5, 0.6) is 0 Å². The molecular formula is C20H18F3N5. The van der Waals surface area contributed by atoms with Crippen molar-refractivity contribution in [3.05, 3.63) is 66.7 Å². The fourth-order valence-electron chi connectivity index (χ4n) is 3.25. The van der Waals surface area contributed by atoms with Crippen molar-refractivity contribution in [2.75, 3.05) is 5.32 Å². The third-order valence-corrected chi connectivity index (χ3v) is 4.90.